The Morgan fingerprint density at radius 1 is 1.27 bits per heavy atom. The van der Waals surface area contributed by atoms with E-state index in [4.69, 9.17) is 27.3 Å². The topological polar surface area (TPSA) is 140 Å². The fraction of sp³-hybridized carbons (Fsp3) is 0.263. The van der Waals surface area contributed by atoms with Crippen LogP contribution in [0.5, 0.6) is 5.75 Å². The van der Waals surface area contributed by atoms with Crippen molar-refractivity contribution < 1.29 is 22.7 Å². The van der Waals surface area contributed by atoms with Crippen molar-refractivity contribution in [2.24, 2.45) is 5.73 Å². The van der Waals surface area contributed by atoms with E-state index in [2.05, 4.69) is 0 Å². The van der Waals surface area contributed by atoms with E-state index < -0.39 is 27.5 Å². The smallest absolute Gasteiger partial charge is 0.244 e. The molecule has 0 amide bonds. The van der Waals surface area contributed by atoms with E-state index in [1.165, 1.54) is 30.3 Å². The molecule has 2 atom stereocenters. The van der Waals surface area contributed by atoms with E-state index in [0.29, 0.717) is 0 Å². The van der Waals surface area contributed by atoms with Crippen LogP contribution in [-0.4, -0.2) is 49.2 Å². The molecule has 2 aromatic carbocycles. The number of aliphatic hydroxyl groups is 1. The van der Waals surface area contributed by atoms with Crippen molar-refractivity contribution in [1.29, 1.82) is 10.5 Å². The Morgan fingerprint density at radius 2 is 1.97 bits per heavy atom. The molecule has 156 valence electrons. The monoisotopic (exact) mass is 450 g/mol. The molecule has 0 saturated carbocycles. The second-order valence-corrected chi connectivity index (χ2v) is 9.06. The molecule has 1 saturated heterocycles. The lowest BCUT2D eigenvalue weighted by molar-refractivity contribution is -0.0200. The Hall–Kier alpha value is -2.73. The summed E-state index contributed by atoms with van der Waals surface area (Å²) in [6.45, 7) is -0.998. The van der Waals surface area contributed by atoms with Crippen LogP contribution in [0.1, 0.15) is 11.1 Å². The van der Waals surface area contributed by atoms with Gasteiger partial charge in [0.1, 0.15) is 40.3 Å². The molecule has 30 heavy (non-hydrogen) atoms. The van der Waals surface area contributed by atoms with Gasteiger partial charge in [0, 0.05) is 24.2 Å². The molecule has 1 fully saturated rings. The highest BCUT2D eigenvalue weighted by molar-refractivity contribution is 7.89. The van der Waals surface area contributed by atoms with Gasteiger partial charge in [-0.15, -0.1) is 0 Å². The summed E-state index contributed by atoms with van der Waals surface area (Å²) < 4.78 is 46.6. The lowest BCUT2D eigenvalue weighted by Gasteiger charge is -2.27. The van der Waals surface area contributed by atoms with Crippen LogP contribution in [0, 0.1) is 28.5 Å². The van der Waals surface area contributed by atoms with Gasteiger partial charge in [0.05, 0.1) is 17.7 Å². The first kappa shape index (κ1) is 22.0. The first-order valence-corrected chi connectivity index (χ1v) is 10.4. The van der Waals surface area contributed by atoms with E-state index in [1.54, 1.807) is 12.1 Å². The van der Waals surface area contributed by atoms with Gasteiger partial charge in [0.25, 0.3) is 0 Å². The number of hydrogen-bond acceptors (Lipinski definition) is 7. The molecular formula is C19H16ClFN4O4S. The predicted molar refractivity (Wildman–Crippen MR) is 104 cm³/mol. The normalized spacial score (nSPS) is 21.7. The summed E-state index contributed by atoms with van der Waals surface area (Å²) >= 11 is 5.83. The minimum Gasteiger partial charge on any atom is -0.486 e. The predicted octanol–water partition coefficient (Wildman–Crippen LogP) is 1.36. The standard InChI is InChI=1S/C19H16ClFN4O4S/c20-14-2-4-17(13(5-14)8-23)30(27,28)25-9-18(19(26,10-24)11-25)29-15-3-1-12(7-22)16(21)6-15/h1-6,18,26H,9-11,24H2/t18-,19-/m0/s1. The van der Waals surface area contributed by atoms with Gasteiger partial charge >= 0.3 is 0 Å². The Balaban J connectivity index is 1.92. The SMILES string of the molecule is N#Cc1ccc(O[C@H]2CN(S(=O)(=O)c3ccc(Cl)cc3C#N)C[C@@]2(O)CN)cc1F. The number of rotatable bonds is 5. The first-order chi connectivity index (χ1) is 14.1. The van der Waals surface area contributed by atoms with Crippen molar-refractivity contribution in [3.05, 3.63) is 58.4 Å². The molecule has 0 radical (unpaired) electrons. The van der Waals surface area contributed by atoms with Crippen molar-refractivity contribution in [3.63, 3.8) is 0 Å². The van der Waals surface area contributed by atoms with Gasteiger partial charge in [0.15, 0.2) is 0 Å². The maximum Gasteiger partial charge on any atom is 0.244 e. The van der Waals surface area contributed by atoms with Crippen LogP contribution in [0.2, 0.25) is 5.02 Å². The van der Waals surface area contributed by atoms with Crippen LogP contribution >= 0.6 is 11.6 Å². The Morgan fingerprint density at radius 3 is 2.57 bits per heavy atom. The summed E-state index contributed by atoms with van der Waals surface area (Å²) in [5.41, 5.74) is 3.59. The third-order valence-corrected chi connectivity index (χ3v) is 6.90. The molecule has 0 spiro atoms. The summed E-state index contributed by atoms with van der Waals surface area (Å²) in [6.07, 6.45) is -1.11. The van der Waals surface area contributed by atoms with Crippen LogP contribution in [-0.2, 0) is 10.0 Å². The second kappa shape index (κ2) is 8.19. The highest BCUT2D eigenvalue weighted by atomic mass is 35.5. The van der Waals surface area contributed by atoms with E-state index >= 15 is 0 Å². The van der Waals surface area contributed by atoms with Gasteiger partial charge in [-0.05, 0) is 30.3 Å². The number of sulfonamides is 1. The van der Waals surface area contributed by atoms with Crippen LogP contribution in [0.15, 0.2) is 41.3 Å². The quantitative estimate of drug-likeness (QED) is 0.700. The molecule has 0 bridgehead atoms. The maximum absolute atomic E-state index is 13.9. The molecule has 0 unspecified atom stereocenters. The minimum absolute atomic E-state index is 0.00632. The van der Waals surface area contributed by atoms with Gasteiger partial charge in [-0.2, -0.15) is 14.8 Å². The van der Waals surface area contributed by atoms with Crippen LogP contribution < -0.4 is 10.5 Å². The highest BCUT2D eigenvalue weighted by Crippen LogP contribution is 2.32. The van der Waals surface area contributed by atoms with E-state index in [-0.39, 0.29) is 46.4 Å². The van der Waals surface area contributed by atoms with Gasteiger partial charge in [-0.25, -0.2) is 12.8 Å². The average Bonchev–Trinajstić information content (AvgIpc) is 3.05. The summed E-state index contributed by atoms with van der Waals surface area (Å²) in [5.74, 6) is -0.805. The lowest BCUT2D eigenvalue weighted by atomic mass is 10.0. The van der Waals surface area contributed by atoms with Gasteiger partial charge in [-0.1, -0.05) is 11.6 Å². The summed E-state index contributed by atoms with van der Waals surface area (Å²) in [6, 6.07) is 10.8. The Kier molecular flexibility index (Phi) is 5.99. The fourth-order valence-electron chi connectivity index (χ4n) is 3.13. The number of nitriles is 2. The number of nitrogens with two attached hydrogens (primary N) is 1. The fourth-order valence-corrected chi connectivity index (χ4v) is 4.93. The Labute approximate surface area is 177 Å². The van der Waals surface area contributed by atoms with Crippen LogP contribution in [0.3, 0.4) is 0 Å². The van der Waals surface area contributed by atoms with Crippen LogP contribution in [0.4, 0.5) is 4.39 Å². The third kappa shape index (κ3) is 3.97. The van der Waals surface area contributed by atoms with Gasteiger partial charge in [-0.3, -0.25) is 0 Å². The van der Waals surface area contributed by atoms with Gasteiger partial charge in [0.2, 0.25) is 10.0 Å². The molecule has 1 aliphatic heterocycles. The van der Waals surface area contributed by atoms with Crippen molar-refractivity contribution >= 4 is 21.6 Å². The van der Waals surface area contributed by atoms with Crippen molar-refractivity contribution in [3.8, 4) is 17.9 Å². The van der Waals surface area contributed by atoms with Gasteiger partial charge < -0.3 is 15.6 Å². The molecule has 1 heterocycles. The zero-order valence-electron chi connectivity index (χ0n) is 15.4. The number of β-amino-alcohol motifs (C(OH)–C–C–N with tert-alkyl or cyclic N) is 1. The van der Waals surface area contributed by atoms with Crippen LogP contribution in [0.25, 0.3) is 0 Å². The lowest BCUT2D eigenvalue weighted by Crippen LogP contribution is -2.50. The van der Waals surface area contributed by atoms with E-state index in [9.17, 15) is 23.2 Å². The number of halogens is 2. The molecule has 3 rings (SSSR count). The highest BCUT2D eigenvalue weighted by Gasteiger charge is 2.50. The molecular weight excluding hydrogens is 435 g/mol. The summed E-state index contributed by atoms with van der Waals surface area (Å²) in [4.78, 5) is -0.265. The third-order valence-electron chi connectivity index (χ3n) is 4.79. The second-order valence-electron chi connectivity index (χ2n) is 6.72. The number of ether oxygens (including phenoxy) is 1. The number of nitrogens with zero attached hydrogens (tertiary/aromatic N) is 3. The molecule has 8 nitrogen and oxygen atoms in total. The molecule has 0 aromatic heterocycles. The van der Waals surface area contributed by atoms with Crippen molar-refractivity contribution in [2.45, 2.75) is 16.6 Å². The van der Waals surface area contributed by atoms with Crippen molar-refractivity contribution in [2.75, 3.05) is 19.6 Å². The zero-order valence-corrected chi connectivity index (χ0v) is 17.0. The van der Waals surface area contributed by atoms with E-state index in [0.717, 1.165) is 10.4 Å². The molecule has 3 N–H and O–H groups in total. The average molecular weight is 451 g/mol. The summed E-state index contributed by atoms with van der Waals surface area (Å²) in [7, 11) is -4.18. The molecule has 0 aliphatic carbocycles. The molecule has 1 aliphatic rings. The molecule has 11 heteroatoms. The Bertz CT molecular complexity index is 1180. The summed E-state index contributed by atoms with van der Waals surface area (Å²) in [5, 5.41) is 29.1. The first-order valence-electron chi connectivity index (χ1n) is 8.63. The zero-order chi connectivity index (χ0) is 22.1. The number of hydrogen-bond donors (Lipinski definition) is 2. The minimum atomic E-state index is -4.18. The number of benzene rings is 2. The molecule has 2 aromatic rings. The largest absolute Gasteiger partial charge is 0.486 e. The maximum atomic E-state index is 13.9. The van der Waals surface area contributed by atoms with E-state index in [1.807, 2.05) is 0 Å². The van der Waals surface area contributed by atoms with Crippen molar-refractivity contribution in [1.82, 2.24) is 4.31 Å².